The maximum absolute atomic E-state index is 12.9. The van der Waals surface area contributed by atoms with Gasteiger partial charge in [-0.2, -0.15) is 4.31 Å². The van der Waals surface area contributed by atoms with E-state index in [1.807, 2.05) is 32.0 Å². The molecule has 3 rings (SSSR count). The van der Waals surface area contributed by atoms with Crippen LogP contribution >= 0.6 is 23.4 Å². The van der Waals surface area contributed by atoms with Gasteiger partial charge in [-0.25, -0.2) is 8.42 Å². The third-order valence-electron chi connectivity index (χ3n) is 4.65. The van der Waals surface area contributed by atoms with Crippen LogP contribution < -0.4 is 5.32 Å². The van der Waals surface area contributed by atoms with Gasteiger partial charge < -0.3 is 10.1 Å². The molecule has 1 N–H and O–H groups in total. The van der Waals surface area contributed by atoms with Crippen molar-refractivity contribution in [2.45, 2.75) is 23.6 Å². The topological polar surface area (TPSA) is 75.7 Å². The number of ether oxygens (including phenoxy) is 1. The third-order valence-corrected chi connectivity index (χ3v) is 8.03. The Balaban J connectivity index is 1.68. The van der Waals surface area contributed by atoms with Crippen molar-refractivity contribution >= 4 is 45.0 Å². The number of halogens is 1. The van der Waals surface area contributed by atoms with Gasteiger partial charge in [0.15, 0.2) is 0 Å². The van der Waals surface area contributed by atoms with Gasteiger partial charge in [0.25, 0.3) is 0 Å². The first-order valence-electron chi connectivity index (χ1n) is 9.15. The average molecular weight is 455 g/mol. The van der Waals surface area contributed by atoms with Crippen LogP contribution in [0.1, 0.15) is 11.1 Å². The summed E-state index contributed by atoms with van der Waals surface area (Å²) >= 11 is 7.58. The van der Waals surface area contributed by atoms with Gasteiger partial charge in [0, 0.05) is 23.7 Å². The highest BCUT2D eigenvalue weighted by molar-refractivity contribution is 8.00. The molecule has 0 spiro atoms. The lowest BCUT2D eigenvalue weighted by Crippen LogP contribution is -2.40. The van der Waals surface area contributed by atoms with Gasteiger partial charge in [-0.1, -0.05) is 17.7 Å². The van der Waals surface area contributed by atoms with E-state index < -0.39 is 10.0 Å². The zero-order chi connectivity index (χ0) is 21.0. The Labute approximate surface area is 180 Å². The minimum Gasteiger partial charge on any atom is -0.379 e. The molecule has 1 fully saturated rings. The second kappa shape index (κ2) is 9.49. The molecule has 0 unspecified atom stereocenters. The molecule has 9 heteroatoms. The number of rotatable bonds is 6. The van der Waals surface area contributed by atoms with Crippen LogP contribution in [0.25, 0.3) is 0 Å². The number of sulfonamides is 1. The van der Waals surface area contributed by atoms with Crippen LogP contribution in [-0.4, -0.2) is 50.7 Å². The normalized spacial score (nSPS) is 15.3. The molecule has 0 aliphatic carbocycles. The minimum atomic E-state index is -3.75. The van der Waals surface area contributed by atoms with Gasteiger partial charge in [-0.05, 0) is 55.3 Å². The summed E-state index contributed by atoms with van der Waals surface area (Å²) in [5.41, 5.74) is 2.77. The maximum Gasteiger partial charge on any atom is 0.244 e. The van der Waals surface area contributed by atoms with Gasteiger partial charge in [-0.3, -0.25) is 4.79 Å². The van der Waals surface area contributed by atoms with E-state index in [0.717, 1.165) is 4.90 Å². The number of carbonyl (C=O) groups excluding carboxylic acids is 1. The number of carbonyl (C=O) groups is 1. The van der Waals surface area contributed by atoms with Gasteiger partial charge in [0.05, 0.1) is 24.0 Å². The molecule has 0 saturated carbocycles. The predicted octanol–water partition coefficient (Wildman–Crippen LogP) is 3.71. The van der Waals surface area contributed by atoms with E-state index >= 15 is 0 Å². The number of hydrogen-bond acceptors (Lipinski definition) is 5. The Morgan fingerprint density at radius 3 is 2.55 bits per heavy atom. The highest BCUT2D eigenvalue weighted by Crippen LogP contribution is 2.28. The highest BCUT2D eigenvalue weighted by Gasteiger charge is 2.28. The molecule has 156 valence electrons. The van der Waals surface area contributed by atoms with Crippen LogP contribution in [-0.2, 0) is 19.6 Å². The molecule has 0 bridgehead atoms. The number of aryl methyl sites for hydroxylation is 2. The van der Waals surface area contributed by atoms with E-state index in [2.05, 4.69) is 5.32 Å². The Morgan fingerprint density at radius 2 is 1.86 bits per heavy atom. The summed E-state index contributed by atoms with van der Waals surface area (Å²) in [6.45, 7) is 5.33. The zero-order valence-corrected chi connectivity index (χ0v) is 18.7. The summed E-state index contributed by atoms with van der Waals surface area (Å²) in [7, 11) is -3.75. The molecule has 0 atom stereocenters. The molecule has 29 heavy (non-hydrogen) atoms. The molecule has 2 aromatic rings. The Hall–Kier alpha value is -1.58. The van der Waals surface area contributed by atoms with E-state index in [-0.39, 0.29) is 34.7 Å². The number of benzene rings is 2. The SMILES string of the molecule is Cc1ccc(SCC(=O)Nc2ccc(Cl)c(S(=O)(=O)N3CCOCC3)c2)cc1C. The number of nitrogens with zero attached hydrogens (tertiary/aromatic N) is 1. The van der Waals surface area contributed by atoms with Crippen molar-refractivity contribution < 1.29 is 17.9 Å². The standard InChI is InChI=1S/C20H23ClN2O4S2/c1-14-3-5-17(11-15(14)2)28-13-20(24)22-16-4-6-18(21)19(12-16)29(25,26)23-7-9-27-10-8-23/h3-6,11-12H,7-10,13H2,1-2H3,(H,22,24). The molecule has 0 radical (unpaired) electrons. The quantitative estimate of drug-likeness (QED) is 0.673. The molecule has 1 saturated heterocycles. The summed E-state index contributed by atoms with van der Waals surface area (Å²) in [4.78, 5) is 13.3. The molecule has 6 nitrogen and oxygen atoms in total. The van der Waals surface area contributed by atoms with Crippen molar-refractivity contribution in [1.82, 2.24) is 4.31 Å². The van der Waals surface area contributed by atoms with Crippen molar-refractivity contribution in [1.29, 1.82) is 0 Å². The number of morpholine rings is 1. The number of hydrogen-bond donors (Lipinski definition) is 1. The van der Waals surface area contributed by atoms with Crippen molar-refractivity contribution in [3.05, 3.63) is 52.5 Å². The largest absolute Gasteiger partial charge is 0.379 e. The lowest BCUT2D eigenvalue weighted by Gasteiger charge is -2.26. The maximum atomic E-state index is 12.9. The molecule has 2 aromatic carbocycles. The average Bonchev–Trinajstić information content (AvgIpc) is 2.71. The summed E-state index contributed by atoms with van der Waals surface area (Å²) in [5, 5.41) is 2.88. The fraction of sp³-hybridized carbons (Fsp3) is 0.350. The predicted molar refractivity (Wildman–Crippen MR) is 116 cm³/mol. The van der Waals surface area contributed by atoms with E-state index in [1.54, 1.807) is 6.07 Å². The summed E-state index contributed by atoms with van der Waals surface area (Å²) < 4.78 is 32.3. The second-order valence-electron chi connectivity index (χ2n) is 6.74. The van der Waals surface area contributed by atoms with Crippen molar-refractivity contribution in [2.75, 3.05) is 37.4 Å². The molecular weight excluding hydrogens is 432 g/mol. The Morgan fingerprint density at radius 1 is 1.14 bits per heavy atom. The van der Waals surface area contributed by atoms with Crippen LogP contribution in [0.4, 0.5) is 5.69 Å². The van der Waals surface area contributed by atoms with Crippen LogP contribution in [0.5, 0.6) is 0 Å². The highest BCUT2D eigenvalue weighted by atomic mass is 35.5. The molecule has 1 aliphatic rings. The van der Waals surface area contributed by atoms with E-state index in [0.29, 0.717) is 18.9 Å². The first-order chi connectivity index (χ1) is 13.8. The van der Waals surface area contributed by atoms with Crippen molar-refractivity contribution in [2.24, 2.45) is 0 Å². The lowest BCUT2D eigenvalue weighted by atomic mass is 10.1. The summed E-state index contributed by atoms with van der Waals surface area (Å²) in [6, 6.07) is 10.5. The summed E-state index contributed by atoms with van der Waals surface area (Å²) in [6.07, 6.45) is 0. The lowest BCUT2D eigenvalue weighted by molar-refractivity contribution is -0.113. The first-order valence-corrected chi connectivity index (χ1v) is 11.9. The van der Waals surface area contributed by atoms with Crippen LogP contribution in [0.2, 0.25) is 5.02 Å². The molecular formula is C20H23ClN2O4S2. The molecule has 0 aromatic heterocycles. The fourth-order valence-electron chi connectivity index (χ4n) is 2.85. The first kappa shape index (κ1) is 22.1. The fourth-order valence-corrected chi connectivity index (χ4v) is 5.56. The number of amides is 1. The molecule has 1 aliphatic heterocycles. The minimum absolute atomic E-state index is 0.0133. The Kier molecular flexibility index (Phi) is 7.23. The van der Waals surface area contributed by atoms with Crippen molar-refractivity contribution in [3.8, 4) is 0 Å². The van der Waals surface area contributed by atoms with Crippen LogP contribution in [0.15, 0.2) is 46.2 Å². The Bertz CT molecular complexity index is 1010. The van der Waals surface area contributed by atoms with Gasteiger partial charge in [0.1, 0.15) is 4.90 Å². The smallest absolute Gasteiger partial charge is 0.244 e. The monoisotopic (exact) mass is 454 g/mol. The van der Waals surface area contributed by atoms with Gasteiger partial charge in [0.2, 0.25) is 15.9 Å². The van der Waals surface area contributed by atoms with Crippen molar-refractivity contribution in [3.63, 3.8) is 0 Å². The molecule has 1 heterocycles. The zero-order valence-electron chi connectivity index (χ0n) is 16.3. The summed E-state index contributed by atoms with van der Waals surface area (Å²) in [5.74, 6) is 0.00158. The van der Waals surface area contributed by atoms with E-state index in [4.69, 9.17) is 16.3 Å². The number of anilines is 1. The van der Waals surface area contributed by atoms with E-state index in [1.165, 1.54) is 39.3 Å². The second-order valence-corrected chi connectivity index (χ2v) is 10.1. The van der Waals surface area contributed by atoms with Crippen LogP contribution in [0, 0.1) is 13.8 Å². The number of thioether (sulfide) groups is 1. The van der Waals surface area contributed by atoms with Gasteiger partial charge >= 0.3 is 0 Å². The third kappa shape index (κ3) is 5.52. The van der Waals surface area contributed by atoms with Gasteiger partial charge in [-0.15, -0.1) is 11.8 Å². The number of nitrogens with one attached hydrogen (secondary N) is 1. The van der Waals surface area contributed by atoms with Crippen LogP contribution in [0.3, 0.4) is 0 Å². The van der Waals surface area contributed by atoms with E-state index in [9.17, 15) is 13.2 Å². The molecule has 1 amide bonds.